The number of hydrogen-bond acceptors (Lipinski definition) is 2. The van der Waals surface area contributed by atoms with Crippen molar-refractivity contribution >= 4 is 21.6 Å². The zero-order chi connectivity index (χ0) is 14.9. The van der Waals surface area contributed by atoms with Gasteiger partial charge in [-0.25, -0.2) is 17.2 Å². The number of piperidine rings is 1. The number of alkyl halides is 1. The maximum atomic E-state index is 14.2. The maximum Gasteiger partial charge on any atom is 0.246 e. The normalized spacial score (nSPS) is 21.1. The molecule has 1 saturated heterocycles. The SMILES string of the molecule is CC1CCCCN1S(=O)(=O)c1ccc(F)c(CCl)c1F. The van der Waals surface area contributed by atoms with Gasteiger partial charge in [0.15, 0.2) is 5.82 Å². The fourth-order valence-corrected chi connectivity index (χ4v) is 4.49. The van der Waals surface area contributed by atoms with Crippen LogP contribution in [0, 0.1) is 11.6 Å². The summed E-state index contributed by atoms with van der Waals surface area (Å²) in [7, 11) is -3.96. The van der Waals surface area contributed by atoms with E-state index in [1.807, 2.05) is 0 Å². The van der Waals surface area contributed by atoms with Crippen LogP contribution >= 0.6 is 11.6 Å². The van der Waals surface area contributed by atoms with Gasteiger partial charge in [0, 0.05) is 18.2 Å². The van der Waals surface area contributed by atoms with Gasteiger partial charge in [0.05, 0.1) is 5.88 Å². The first-order valence-corrected chi connectivity index (χ1v) is 8.41. The summed E-state index contributed by atoms with van der Waals surface area (Å²) in [6.45, 7) is 2.15. The van der Waals surface area contributed by atoms with Crippen molar-refractivity contribution < 1.29 is 17.2 Å². The Bertz CT molecular complexity index is 607. The minimum atomic E-state index is -3.96. The molecule has 1 atom stereocenters. The molecule has 0 radical (unpaired) electrons. The van der Waals surface area contributed by atoms with Gasteiger partial charge in [-0.2, -0.15) is 4.31 Å². The summed E-state index contributed by atoms with van der Waals surface area (Å²) in [4.78, 5) is -0.497. The number of halogens is 3. The van der Waals surface area contributed by atoms with E-state index in [-0.39, 0.29) is 6.04 Å². The molecule has 20 heavy (non-hydrogen) atoms. The molecule has 1 unspecified atom stereocenters. The van der Waals surface area contributed by atoms with Crippen LogP contribution in [-0.2, 0) is 15.9 Å². The monoisotopic (exact) mass is 323 g/mol. The van der Waals surface area contributed by atoms with E-state index in [1.54, 1.807) is 6.92 Å². The second-order valence-corrected chi connectivity index (χ2v) is 7.06. The number of hydrogen-bond donors (Lipinski definition) is 0. The van der Waals surface area contributed by atoms with Gasteiger partial charge < -0.3 is 0 Å². The van der Waals surface area contributed by atoms with E-state index in [0.717, 1.165) is 31.4 Å². The van der Waals surface area contributed by atoms with Crippen LogP contribution in [0.4, 0.5) is 8.78 Å². The molecular weight excluding hydrogens is 308 g/mol. The van der Waals surface area contributed by atoms with Crippen molar-refractivity contribution in [2.45, 2.75) is 43.0 Å². The first-order chi connectivity index (χ1) is 9.39. The first kappa shape index (κ1) is 15.7. The molecule has 1 fully saturated rings. The van der Waals surface area contributed by atoms with Gasteiger partial charge in [0.25, 0.3) is 0 Å². The summed E-state index contributed by atoms with van der Waals surface area (Å²) in [5.74, 6) is -2.32. The third-order valence-electron chi connectivity index (χ3n) is 3.61. The van der Waals surface area contributed by atoms with E-state index in [4.69, 9.17) is 11.6 Å². The topological polar surface area (TPSA) is 37.4 Å². The van der Waals surface area contributed by atoms with Crippen LogP contribution in [0.3, 0.4) is 0 Å². The molecule has 0 aliphatic carbocycles. The van der Waals surface area contributed by atoms with Gasteiger partial charge in [-0.1, -0.05) is 6.42 Å². The molecule has 0 amide bonds. The van der Waals surface area contributed by atoms with Gasteiger partial charge in [-0.15, -0.1) is 11.6 Å². The van der Waals surface area contributed by atoms with E-state index in [9.17, 15) is 17.2 Å². The molecule has 3 nitrogen and oxygen atoms in total. The summed E-state index contributed by atoms with van der Waals surface area (Å²) >= 11 is 5.49. The molecular formula is C13H16ClF2NO2S. The minimum absolute atomic E-state index is 0.183. The second kappa shape index (κ2) is 5.95. The molecule has 0 bridgehead atoms. The zero-order valence-corrected chi connectivity index (χ0v) is 12.6. The van der Waals surface area contributed by atoms with Crippen molar-refractivity contribution in [1.82, 2.24) is 4.31 Å². The fourth-order valence-electron chi connectivity index (χ4n) is 2.45. The first-order valence-electron chi connectivity index (χ1n) is 6.44. The van der Waals surface area contributed by atoms with E-state index < -0.39 is 38.0 Å². The Morgan fingerprint density at radius 3 is 2.65 bits per heavy atom. The molecule has 1 aromatic rings. The Hall–Kier alpha value is -0.720. The van der Waals surface area contributed by atoms with E-state index in [1.165, 1.54) is 4.31 Å². The molecule has 1 heterocycles. The van der Waals surface area contributed by atoms with Crippen molar-refractivity contribution in [2.75, 3.05) is 6.54 Å². The highest BCUT2D eigenvalue weighted by Gasteiger charge is 2.34. The minimum Gasteiger partial charge on any atom is -0.207 e. The van der Waals surface area contributed by atoms with Crippen molar-refractivity contribution in [2.24, 2.45) is 0 Å². The lowest BCUT2D eigenvalue weighted by Gasteiger charge is -2.32. The van der Waals surface area contributed by atoms with Crippen molar-refractivity contribution in [3.8, 4) is 0 Å². The van der Waals surface area contributed by atoms with Crippen LogP contribution in [0.1, 0.15) is 31.7 Å². The van der Waals surface area contributed by atoms with Crippen molar-refractivity contribution in [3.05, 3.63) is 29.3 Å². The standard InChI is InChI=1S/C13H16ClF2NO2S/c1-9-4-2-3-7-17(9)20(18,19)12-6-5-11(15)10(8-14)13(12)16/h5-6,9H,2-4,7-8H2,1H3. The third kappa shape index (κ3) is 2.69. The molecule has 112 valence electrons. The number of rotatable bonds is 3. The highest BCUT2D eigenvalue weighted by molar-refractivity contribution is 7.89. The Labute approximate surface area is 122 Å². The molecule has 7 heteroatoms. The number of nitrogens with zero attached hydrogens (tertiary/aromatic N) is 1. The Kier molecular flexibility index (Phi) is 4.66. The predicted octanol–water partition coefficient (Wildman–Crippen LogP) is 3.27. The van der Waals surface area contributed by atoms with E-state index in [0.29, 0.717) is 6.54 Å². The third-order valence-corrected chi connectivity index (χ3v) is 5.91. The lowest BCUT2D eigenvalue weighted by Crippen LogP contribution is -2.42. The molecule has 1 aromatic carbocycles. The van der Waals surface area contributed by atoms with E-state index >= 15 is 0 Å². The molecule has 0 saturated carbocycles. The second-order valence-electron chi connectivity index (χ2n) is 4.93. The molecule has 2 rings (SSSR count). The summed E-state index contributed by atoms with van der Waals surface area (Å²) in [5, 5.41) is 0. The lowest BCUT2D eigenvalue weighted by molar-refractivity contribution is 0.267. The number of benzene rings is 1. The summed E-state index contributed by atoms with van der Waals surface area (Å²) in [6, 6.07) is 1.73. The predicted molar refractivity (Wildman–Crippen MR) is 73.1 cm³/mol. The average molecular weight is 324 g/mol. The molecule has 0 aromatic heterocycles. The Balaban J connectivity index is 2.49. The molecule has 0 spiro atoms. The molecule has 1 aliphatic rings. The fraction of sp³-hybridized carbons (Fsp3) is 0.538. The largest absolute Gasteiger partial charge is 0.246 e. The smallest absolute Gasteiger partial charge is 0.207 e. The van der Waals surface area contributed by atoms with Crippen LogP contribution < -0.4 is 0 Å². The highest BCUT2D eigenvalue weighted by atomic mass is 35.5. The lowest BCUT2D eigenvalue weighted by atomic mass is 10.1. The van der Waals surface area contributed by atoms with Gasteiger partial charge in [-0.05, 0) is 31.9 Å². The summed E-state index contributed by atoms with van der Waals surface area (Å²) in [5.41, 5.74) is -0.405. The van der Waals surface area contributed by atoms with Crippen LogP contribution in [0.5, 0.6) is 0 Å². The zero-order valence-electron chi connectivity index (χ0n) is 11.1. The molecule has 0 N–H and O–H groups in total. The molecule has 1 aliphatic heterocycles. The van der Waals surface area contributed by atoms with Crippen molar-refractivity contribution in [1.29, 1.82) is 0 Å². The summed E-state index contributed by atoms with van der Waals surface area (Å²) < 4.78 is 53.9. The quantitative estimate of drug-likeness (QED) is 0.801. The van der Waals surface area contributed by atoms with Crippen LogP contribution in [-0.4, -0.2) is 25.3 Å². The highest BCUT2D eigenvalue weighted by Crippen LogP contribution is 2.29. The Morgan fingerprint density at radius 1 is 1.35 bits per heavy atom. The van der Waals surface area contributed by atoms with Gasteiger partial charge >= 0.3 is 0 Å². The summed E-state index contributed by atoms with van der Waals surface area (Å²) in [6.07, 6.45) is 2.44. The van der Waals surface area contributed by atoms with Gasteiger partial charge in [0.1, 0.15) is 10.7 Å². The average Bonchev–Trinajstić information content (AvgIpc) is 2.39. The van der Waals surface area contributed by atoms with Crippen LogP contribution in [0.2, 0.25) is 0 Å². The van der Waals surface area contributed by atoms with Gasteiger partial charge in [0.2, 0.25) is 10.0 Å². The maximum absolute atomic E-state index is 14.2. The number of sulfonamides is 1. The van der Waals surface area contributed by atoms with Crippen molar-refractivity contribution in [3.63, 3.8) is 0 Å². The Morgan fingerprint density at radius 2 is 2.05 bits per heavy atom. The van der Waals surface area contributed by atoms with E-state index in [2.05, 4.69) is 0 Å². The van der Waals surface area contributed by atoms with Crippen LogP contribution in [0.15, 0.2) is 17.0 Å². The van der Waals surface area contributed by atoms with Crippen LogP contribution in [0.25, 0.3) is 0 Å². The van der Waals surface area contributed by atoms with Gasteiger partial charge in [-0.3, -0.25) is 0 Å².